The minimum Gasteiger partial charge on any atom is -0.474 e. The minimum absolute atomic E-state index is 0.185. The molecule has 6 heteroatoms. The summed E-state index contributed by atoms with van der Waals surface area (Å²) in [5.41, 5.74) is 5.85. The summed E-state index contributed by atoms with van der Waals surface area (Å²) in [6, 6.07) is 3.74. The van der Waals surface area contributed by atoms with Crippen molar-refractivity contribution < 1.29 is 19.0 Å². The van der Waals surface area contributed by atoms with Gasteiger partial charge in [-0.25, -0.2) is 9.78 Å². The predicted molar refractivity (Wildman–Crippen MR) is 67.9 cm³/mol. The summed E-state index contributed by atoms with van der Waals surface area (Å²) >= 11 is 0. The van der Waals surface area contributed by atoms with E-state index < -0.39 is 6.09 Å². The lowest BCUT2D eigenvalue weighted by atomic mass is 10.1. The van der Waals surface area contributed by atoms with Crippen LogP contribution in [0.25, 0.3) is 0 Å². The zero-order valence-electron chi connectivity index (χ0n) is 10.7. The van der Waals surface area contributed by atoms with E-state index >= 15 is 0 Å². The molecule has 1 fully saturated rings. The highest BCUT2D eigenvalue weighted by molar-refractivity contribution is 5.64. The highest BCUT2D eigenvalue weighted by atomic mass is 16.5. The number of hydrogen-bond donors (Lipinski definition) is 1. The summed E-state index contributed by atoms with van der Waals surface area (Å²) in [7, 11) is 0. The number of carbonyl (C=O) groups is 1. The number of nitrogens with two attached hydrogens (primary N) is 1. The van der Waals surface area contributed by atoms with E-state index in [9.17, 15) is 4.79 Å². The third-order valence-corrected chi connectivity index (χ3v) is 2.89. The lowest BCUT2D eigenvalue weighted by Crippen LogP contribution is -2.26. The third kappa shape index (κ3) is 4.75. The highest BCUT2D eigenvalue weighted by Crippen LogP contribution is 2.16. The Balaban J connectivity index is 1.78. The molecule has 104 valence electrons. The molecule has 1 aliphatic heterocycles. The standard InChI is InChI=1S/C13H18N2O4/c14-13(16)18-8-3-10-1-2-12(15-9-10)19-11-4-6-17-7-5-11/h1-2,9,11H,3-8H2,(H2,14,16). The zero-order valence-corrected chi connectivity index (χ0v) is 10.7. The molecule has 2 N–H and O–H groups in total. The average molecular weight is 266 g/mol. The van der Waals surface area contributed by atoms with E-state index in [1.165, 1.54) is 0 Å². The van der Waals surface area contributed by atoms with E-state index in [2.05, 4.69) is 9.72 Å². The molecule has 2 heterocycles. The number of nitrogens with zero attached hydrogens (tertiary/aromatic N) is 1. The van der Waals surface area contributed by atoms with Crippen molar-refractivity contribution in [1.29, 1.82) is 0 Å². The lowest BCUT2D eigenvalue weighted by molar-refractivity contribution is 0.0237. The molecule has 1 amide bonds. The van der Waals surface area contributed by atoms with Crippen molar-refractivity contribution in [2.75, 3.05) is 19.8 Å². The van der Waals surface area contributed by atoms with Crippen molar-refractivity contribution in [3.63, 3.8) is 0 Å². The SMILES string of the molecule is NC(=O)OCCc1ccc(OC2CCOCC2)nc1. The molecule has 0 spiro atoms. The molecule has 2 rings (SSSR count). The Morgan fingerprint density at radius 3 is 2.84 bits per heavy atom. The Labute approximate surface area is 111 Å². The van der Waals surface area contributed by atoms with Gasteiger partial charge < -0.3 is 19.9 Å². The molecule has 6 nitrogen and oxygen atoms in total. The maximum Gasteiger partial charge on any atom is 0.404 e. The molecule has 0 aliphatic carbocycles. The van der Waals surface area contributed by atoms with Gasteiger partial charge in [0, 0.05) is 31.5 Å². The van der Waals surface area contributed by atoms with Crippen LogP contribution in [0.4, 0.5) is 4.79 Å². The van der Waals surface area contributed by atoms with Gasteiger partial charge >= 0.3 is 6.09 Å². The second-order valence-electron chi connectivity index (χ2n) is 4.35. The second kappa shape index (κ2) is 6.94. The first-order chi connectivity index (χ1) is 9.24. The fourth-order valence-corrected chi connectivity index (χ4v) is 1.86. The van der Waals surface area contributed by atoms with Gasteiger partial charge in [0.15, 0.2) is 0 Å². The largest absolute Gasteiger partial charge is 0.474 e. The molecule has 0 saturated carbocycles. The van der Waals surface area contributed by atoms with Crippen LogP contribution in [0, 0.1) is 0 Å². The van der Waals surface area contributed by atoms with Crippen molar-refractivity contribution in [2.45, 2.75) is 25.4 Å². The number of primary amides is 1. The van der Waals surface area contributed by atoms with Gasteiger partial charge in [-0.15, -0.1) is 0 Å². The van der Waals surface area contributed by atoms with Gasteiger partial charge in [0.2, 0.25) is 5.88 Å². The Hall–Kier alpha value is -1.82. The van der Waals surface area contributed by atoms with Crippen molar-refractivity contribution >= 4 is 6.09 Å². The number of pyridine rings is 1. The minimum atomic E-state index is -0.757. The molecular weight excluding hydrogens is 248 g/mol. The van der Waals surface area contributed by atoms with E-state index in [4.69, 9.17) is 15.2 Å². The highest BCUT2D eigenvalue weighted by Gasteiger charge is 2.15. The van der Waals surface area contributed by atoms with Crippen LogP contribution in [0.15, 0.2) is 18.3 Å². The molecular formula is C13H18N2O4. The number of carbonyl (C=O) groups excluding carboxylic acids is 1. The van der Waals surface area contributed by atoms with Crippen molar-refractivity contribution in [1.82, 2.24) is 4.98 Å². The van der Waals surface area contributed by atoms with E-state index in [0.29, 0.717) is 12.3 Å². The Bertz CT molecular complexity index is 402. The maximum absolute atomic E-state index is 10.4. The molecule has 0 aromatic carbocycles. The molecule has 19 heavy (non-hydrogen) atoms. The smallest absolute Gasteiger partial charge is 0.404 e. The molecule has 1 aromatic rings. The van der Waals surface area contributed by atoms with Gasteiger partial charge in [-0.05, 0) is 5.56 Å². The Morgan fingerprint density at radius 1 is 1.42 bits per heavy atom. The number of aromatic nitrogens is 1. The Kier molecular flexibility index (Phi) is 4.97. The molecule has 1 aliphatic rings. The van der Waals surface area contributed by atoms with Crippen molar-refractivity contribution in [3.8, 4) is 5.88 Å². The Morgan fingerprint density at radius 2 is 2.21 bits per heavy atom. The molecule has 0 unspecified atom stereocenters. The van der Waals surface area contributed by atoms with Crippen LogP contribution in [0.2, 0.25) is 0 Å². The van der Waals surface area contributed by atoms with Gasteiger partial charge in [0.1, 0.15) is 6.10 Å². The molecule has 1 aromatic heterocycles. The maximum atomic E-state index is 10.4. The zero-order chi connectivity index (χ0) is 13.5. The number of ether oxygens (including phenoxy) is 3. The van der Waals surface area contributed by atoms with Crippen LogP contribution in [0.5, 0.6) is 5.88 Å². The van der Waals surface area contributed by atoms with Gasteiger partial charge in [-0.2, -0.15) is 0 Å². The first kappa shape index (κ1) is 13.6. The number of amides is 1. The van der Waals surface area contributed by atoms with Crippen molar-refractivity contribution in [3.05, 3.63) is 23.9 Å². The van der Waals surface area contributed by atoms with Gasteiger partial charge in [-0.1, -0.05) is 6.07 Å². The van der Waals surface area contributed by atoms with E-state index in [0.717, 1.165) is 31.6 Å². The number of rotatable bonds is 5. The van der Waals surface area contributed by atoms with E-state index in [-0.39, 0.29) is 12.7 Å². The average Bonchev–Trinajstić information content (AvgIpc) is 2.42. The fraction of sp³-hybridized carbons (Fsp3) is 0.538. The van der Waals surface area contributed by atoms with Crippen LogP contribution >= 0.6 is 0 Å². The summed E-state index contributed by atoms with van der Waals surface area (Å²) in [5, 5.41) is 0. The third-order valence-electron chi connectivity index (χ3n) is 2.89. The van der Waals surface area contributed by atoms with Gasteiger partial charge in [0.05, 0.1) is 19.8 Å². The fourth-order valence-electron chi connectivity index (χ4n) is 1.86. The monoisotopic (exact) mass is 266 g/mol. The predicted octanol–water partition coefficient (Wildman–Crippen LogP) is 1.28. The lowest BCUT2D eigenvalue weighted by Gasteiger charge is -2.22. The summed E-state index contributed by atoms with van der Waals surface area (Å²) < 4.78 is 15.7. The summed E-state index contributed by atoms with van der Waals surface area (Å²) in [6.07, 6.45) is 3.54. The summed E-state index contributed by atoms with van der Waals surface area (Å²) in [4.78, 5) is 14.7. The topological polar surface area (TPSA) is 83.7 Å². The second-order valence-corrected chi connectivity index (χ2v) is 4.35. The van der Waals surface area contributed by atoms with Gasteiger partial charge in [-0.3, -0.25) is 0 Å². The molecule has 0 bridgehead atoms. The van der Waals surface area contributed by atoms with Crippen LogP contribution in [-0.4, -0.2) is 37.0 Å². The number of hydrogen-bond acceptors (Lipinski definition) is 5. The first-order valence-corrected chi connectivity index (χ1v) is 6.35. The van der Waals surface area contributed by atoms with Crippen LogP contribution in [0.1, 0.15) is 18.4 Å². The van der Waals surface area contributed by atoms with Crippen LogP contribution in [-0.2, 0) is 15.9 Å². The normalized spacial score (nSPS) is 16.0. The quantitative estimate of drug-likeness (QED) is 0.867. The van der Waals surface area contributed by atoms with Crippen LogP contribution < -0.4 is 10.5 Å². The summed E-state index contributed by atoms with van der Waals surface area (Å²) in [6.45, 7) is 1.75. The molecule has 1 saturated heterocycles. The van der Waals surface area contributed by atoms with E-state index in [1.807, 2.05) is 12.1 Å². The molecule has 0 atom stereocenters. The first-order valence-electron chi connectivity index (χ1n) is 6.35. The van der Waals surface area contributed by atoms with Crippen LogP contribution in [0.3, 0.4) is 0 Å². The van der Waals surface area contributed by atoms with Crippen molar-refractivity contribution in [2.24, 2.45) is 5.73 Å². The summed E-state index contributed by atoms with van der Waals surface area (Å²) in [5.74, 6) is 0.617. The van der Waals surface area contributed by atoms with E-state index in [1.54, 1.807) is 6.20 Å². The van der Waals surface area contributed by atoms with Gasteiger partial charge in [0.25, 0.3) is 0 Å². The molecule has 0 radical (unpaired) electrons.